The van der Waals surface area contributed by atoms with Crippen molar-refractivity contribution in [1.82, 2.24) is 4.31 Å². The van der Waals surface area contributed by atoms with Gasteiger partial charge in [-0.3, -0.25) is 9.59 Å². The molecule has 2 heterocycles. The van der Waals surface area contributed by atoms with Crippen LogP contribution in [0.25, 0.3) is 0 Å². The average molecular weight is 450 g/mol. The van der Waals surface area contributed by atoms with E-state index in [0.717, 1.165) is 16.9 Å². The van der Waals surface area contributed by atoms with Gasteiger partial charge >= 0.3 is 5.97 Å². The van der Waals surface area contributed by atoms with Crippen LogP contribution in [-0.2, 0) is 25.0 Å². The van der Waals surface area contributed by atoms with Crippen LogP contribution in [0.15, 0.2) is 46.0 Å². The third-order valence-electron chi connectivity index (χ3n) is 5.23. The van der Waals surface area contributed by atoms with Crippen LogP contribution in [0.1, 0.15) is 49.5 Å². The predicted octanol–water partition coefficient (Wildman–Crippen LogP) is 3.87. The Morgan fingerprint density at radius 3 is 2.47 bits per heavy atom. The highest BCUT2D eigenvalue weighted by Crippen LogP contribution is 2.27. The van der Waals surface area contributed by atoms with Gasteiger partial charge in [-0.15, -0.1) is 11.3 Å². The molecule has 1 aromatic heterocycles. The minimum absolute atomic E-state index is 0.00957. The molecule has 0 radical (unpaired) electrons. The third kappa shape index (κ3) is 5.17. The Balaban J connectivity index is 1.57. The molecule has 1 aromatic carbocycles. The van der Waals surface area contributed by atoms with Crippen LogP contribution in [0.4, 0.5) is 0 Å². The van der Waals surface area contributed by atoms with Gasteiger partial charge < -0.3 is 4.74 Å². The van der Waals surface area contributed by atoms with Crippen molar-refractivity contribution in [1.29, 1.82) is 0 Å². The topological polar surface area (TPSA) is 80.8 Å². The molecule has 6 nitrogen and oxygen atoms in total. The van der Waals surface area contributed by atoms with Crippen LogP contribution < -0.4 is 0 Å². The van der Waals surface area contributed by atoms with Crippen molar-refractivity contribution in [2.24, 2.45) is 5.92 Å². The lowest BCUT2D eigenvalue weighted by Gasteiger charge is -2.30. The molecule has 0 bridgehead atoms. The zero-order valence-corrected chi connectivity index (χ0v) is 19.1. The normalized spacial score (nSPS) is 18.2. The first-order chi connectivity index (χ1) is 14.1. The Hall–Kier alpha value is -2.03. The number of piperidine rings is 1. The lowest BCUT2D eigenvalue weighted by Crippen LogP contribution is -2.42. The van der Waals surface area contributed by atoms with Gasteiger partial charge in [0.25, 0.3) is 10.0 Å². The van der Waals surface area contributed by atoms with E-state index in [4.69, 9.17) is 4.74 Å². The first kappa shape index (κ1) is 22.7. The van der Waals surface area contributed by atoms with E-state index < -0.39 is 21.9 Å². The summed E-state index contributed by atoms with van der Waals surface area (Å²) in [6.07, 6.45) is 1.12. The number of sulfonamides is 1. The average Bonchev–Trinajstić information content (AvgIpc) is 3.27. The van der Waals surface area contributed by atoms with Gasteiger partial charge in [-0.1, -0.05) is 51.1 Å². The van der Waals surface area contributed by atoms with Crippen LogP contribution in [0.2, 0.25) is 0 Å². The van der Waals surface area contributed by atoms with Gasteiger partial charge in [-0.2, -0.15) is 4.31 Å². The number of hydrogen-bond donors (Lipinski definition) is 0. The number of Topliss-reactive ketones (excluding diaryl/α,β-unsaturated/α-hetero) is 1. The summed E-state index contributed by atoms with van der Waals surface area (Å²) in [5.41, 5.74) is 1.59. The van der Waals surface area contributed by atoms with Gasteiger partial charge in [-0.05, 0) is 35.3 Å². The van der Waals surface area contributed by atoms with Crippen molar-refractivity contribution in [2.75, 3.05) is 19.7 Å². The molecule has 0 spiro atoms. The molecule has 30 heavy (non-hydrogen) atoms. The Labute approximate surface area is 181 Å². The van der Waals surface area contributed by atoms with Crippen LogP contribution in [0.3, 0.4) is 0 Å². The molecule has 0 amide bonds. The van der Waals surface area contributed by atoms with Crippen molar-refractivity contribution in [3.8, 4) is 0 Å². The maximum atomic E-state index is 12.7. The van der Waals surface area contributed by atoms with Crippen molar-refractivity contribution in [3.63, 3.8) is 0 Å². The molecule has 8 heteroatoms. The minimum Gasteiger partial charge on any atom is -0.457 e. The zero-order valence-electron chi connectivity index (χ0n) is 17.5. The van der Waals surface area contributed by atoms with Gasteiger partial charge in [0.2, 0.25) is 0 Å². The highest BCUT2D eigenvalue weighted by atomic mass is 32.2. The summed E-state index contributed by atoms with van der Waals surface area (Å²) in [7, 11) is -3.60. The standard InChI is InChI=1S/C22H27NO5S2/c1-22(2,3)18-10-8-16(9-11-18)19(24)15-28-21(25)17-6-4-12-23(14-17)30(26,27)20-7-5-13-29-20/h5,7-11,13,17H,4,6,12,14-15H2,1-3H3. The van der Waals surface area contributed by atoms with E-state index in [2.05, 4.69) is 20.8 Å². The van der Waals surface area contributed by atoms with Crippen LogP contribution in [-0.4, -0.2) is 44.2 Å². The molecule has 3 rings (SSSR count). The van der Waals surface area contributed by atoms with E-state index in [1.165, 1.54) is 4.31 Å². The highest BCUT2D eigenvalue weighted by Gasteiger charge is 2.34. The predicted molar refractivity (Wildman–Crippen MR) is 116 cm³/mol. The van der Waals surface area contributed by atoms with Gasteiger partial charge in [-0.25, -0.2) is 8.42 Å². The number of rotatable bonds is 6. The van der Waals surface area contributed by atoms with Gasteiger partial charge in [0.1, 0.15) is 4.21 Å². The number of ketones is 1. The molecule has 162 valence electrons. The number of thiophene rings is 1. The van der Waals surface area contributed by atoms with E-state index in [1.807, 2.05) is 12.1 Å². The van der Waals surface area contributed by atoms with Crippen molar-refractivity contribution in [3.05, 3.63) is 52.9 Å². The van der Waals surface area contributed by atoms with Gasteiger partial charge in [0.05, 0.1) is 5.92 Å². The van der Waals surface area contributed by atoms with E-state index in [-0.39, 0.29) is 28.6 Å². The summed E-state index contributed by atoms with van der Waals surface area (Å²) < 4.78 is 32.2. The molecule has 1 aliphatic heterocycles. The molecular weight excluding hydrogens is 422 g/mol. The summed E-state index contributed by atoms with van der Waals surface area (Å²) in [4.78, 5) is 24.9. The summed E-state index contributed by atoms with van der Waals surface area (Å²) >= 11 is 1.16. The maximum absolute atomic E-state index is 12.7. The maximum Gasteiger partial charge on any atom is 0.310 e. The van der Waals surface area contributed by atoms with Crippen molar-refractivity contribution >= 4 is 33.1 Å². The molecule has 0 N–H and O–H groups in total. The lowest BCUT2D eigenvalue weighted by atomic mass is 9.86. The van der Waals surface area contributed by atoms with E-state index in [1.54, 1.807) is 29.6 Å². The number of benzene rings is 1. The number of nitrogens with zero attached hydrogens (tertiary/aromatic N) is 1. The van der Waals surface area contributed by atoms with Crippen molar-refractivity contribution < 1.29 is 22.7 Å². The first-order valence-corrected chi connectivity index (χ1v) is 12.2. The monoisotopic (exact) mass is 449 g/mol. The second-order valence-electron chi connectivity index (χ2n) is 8.49. The van der Waals surface area contributed by atoms with E-state index in [9.17, 15) is 18.0 Å². The van der Waals surface area contributed by atoms with E-state index >= 15 is 0 Å². The minimum atomic E-state index is -3.60. The number of ether oxygens (including phenoxy) is 1. The Bertz CT molecular complexity index is 989. The smallest absolute Gasteiger partial charge is 0.310 e. The van der Waals surface area contributed by atoms with E-state index in [0.29, 0.717) is 24.9 Å². The summed E-state index contributed by atoms with van der Waals surface area (Å²) in [5, 5.41) is 1.71. The first-order valence-electron chi connectivity index (χ1n) is 9.93. The van der Waals surface area contributed by atoms with Crippen LogP contribution in [0.5, 0.6) is 0 Å². The van der Waals surface area contributed by atoms with Gasteiger partial charge in [0.15, 0.2) is 12.4 Å². The SMILES string of the molecule is CC(C)(C)c1ccc(C(=O)COC(=O)C2CCCN(S(=O)(=O)c3cccs3)C2)cc1. The molecule has 2 aromatic rings. The number of esters is 1. The number of carbonyl (C=O) groups is 2. The Kier molecular flexibility index (Phi) is 6.79. The Morgan fingerprint density at radius 2 is 1.87 bits per heavy atom. The quantitative estimate of drug-likeness (QED) is 0.494. The number of carbonyl (C=O) groups excluding carboxylic acids is 2. The molecule has 0 aliphatic carbocycles. The molecule has 1 unspecified atom stereocenters. The fraction of sp³-hybridized carbons (Fsp3) is 0.455. The molecular formula is C22H27NO5S2. The third-order valence-corrected chi connectivity index (χ3v) is 8.46. The van der Waals surface area contributed by atoms with Crippen LogP contribution in [0, 0.1) is 5.92 Å². The fourth-order valence-corrected chi connectivity index (χ4v) is 6.05. The van der Waals surface area contributed by atoms with Crippen LogP contribution >= 0.6 is 11.3 Å². The molecule has 1 atom stereocenters. The second-order valence-corrected chi connectivity index (χ2v) is 11.6. The fourth-order valence-electron chi connectivity index (χ4n) is 3.38. The van der Waals surface area contributed by atoms with Crippen molar-refractivity contribution in [2.45, 2.75) is 43.2 Å². The highest BCUT2D eigenvalue weighted by molar-refractivity contribution is 7.91. The molecule has 1 fully saturated rings. The summed E-state index contributed by atoms with van der Waals surface area (Å²) in [5.74, 6) is -1.37. The largest absolute Gasteiger partial charge is 0.457 e. The summed E-state index contributed by atoms with van der Waals surface area (Å²) in [6.45, 7) is 6.39. The lowest BCUT2D eigenvalue weighted by molar-refractivity contribution is -0.148. The van der Waals surface area contributed by atoms with Gasteiger partial charge in [0, 0.05) is 18.7 Å². The number of hydrogen-bond acceptors (Lipinski definition) is 6. The second kappa shape index (κ2) is 8.99. The molecule has 0 saturated carbocycles. The molecule has 1 saturated heterocycles. The summed E-state index contributed by atoms with van der Waals surface area (Å²) in [6, 6.07) is 10.5. The molecule has 1 aliphatic rings. The zero-order chi connectivity index (χ0) is 21.9. The Morgan fingerprint density at radius 1 is 1.17 bits per heavy atom.